The number of hydrogen-bond acceptors (Lipinski definition) is 3. The summed E-state index contributed by atoms with van der Waals surface area (Å²) in [6.45, 7) is 0.413. The molecule has 0 fully saturated rings. The molecule has 2 nitrogen and oxygen atoms in total. The Balaban J connectivity index is 2.80. The summed E-state index contributed by atoms with van der Waals surface area (Å²) >= 11 is 4.57. The largest absolute Gasteiger partial charge is 0.416 e. The molecule has 0 radical (unpaired) electrons. The second-order valence-corrected chi connectivity index (χ2v) is 3.00. The average Bonchev–Trinajstić information content (AvgIpc) is 2.18. The molecule has 0 aliphatic rings. The highest BCUT2D eigenvalue weighted by Gasteiger charge is 1.98. The van der Waals surface area contributed by atoms with Gasteiger partial charge in [-0.25, -0.2) is 0 Å². The lowest BCUT2D eigenvalue weighted by atomic mass is 10.6. The number of ether oxygens (including phenoxy) is 1. The summed E-state index contributed by atoms with van der Waals surface area (Å²) in [5.41, 5.74) is 0. The lowest BCUT2D eigenvalue weighted by Crippen LogP contribution is -1.84. The maximum atomic E-state index is 9.79. The Morgan fingerprint density at radius 2 is 2.56 bits per heavy atom. The minimum Gasteiger partial charge on any atom is -0.416 e. The van der Waals surface area contributed by atoms with E-state index in [2.05, 4.69) is 20.7 Å². The molecule has 4 heteroatoms. The monoisotopic (exact) mass is 206 g/mol. The zero-order chi connectivity index (χ0) is 6.69. The minimum absolute atomic E-state index is 0.413. The summed E-state index contributed by atoms with van der Waals surface area (Å²) in [7, 11) is 0. The molecule has 0 saturated heterocycles. The number of carbonyl (C=O) groups is 1. The zero-order valence-electron chi connectivity index (χ0n) is 4.33. The van der Waals surface area contributed by atoms with Gasteiger partial charge in [0.25, 0.3) is 6.47 Å². The van der Waals surface area contributed by atoms with E-state index >= 15 is 0 Å². The van der Waals surface area contributed by atoms with E-state index in [-0.39, 0.29) is 0 Å². The van der Waals surface area contributed by atoms with Crippen LogP contribution in [-0.2, 0) is 4.79 Å². The molecule has 1 rings (SSSR count). The summed E-state index contributed by atoms with van der Waals surface area (Å²) in [4.78, 5) is 9.79. The second kappa shape index (κ2) is 2.98. The van der Waals surface area contributed by atoms with E-state index in [4.69, 9.17) is 0 Å². The van der Waals surface area contributed by atoms with E-state index in [1.807, 2.05) is 11.4 Å². The molecule has 0 bridgehead atoms. The Morgan fingerprint density at radius 1 is 1.78 bits per heavy atom. The topological polar surface area (TPSA) is 26.3 Å². The Kier molecular flexibility index (Phi) is 2.24. The van der Waals surface area contributed by atoms with Crippen molar-refractivity contribution in [3.63, 3.8) is 0 Å². The number of hydrogen-bond donors (Lipinski definition) is 0. The highest BCUT2D eigenvalue weighted by Crippen LogP contribution is 2.30. The van der Waals surface area contributed by atoms with Gasteiger partial charge < -0.3 is 4.74 Å². The van der Waals surface area contributed by atoms with Crippen LogP contribution in [0, 0.1) is 0 Å². The van der Waals surface area contributed by atoms with E-state index in [1.54, 1.807) is 0 Å². The van der Waals surface area contributed by atoms with Gasteiger partial charge in [-0.15, -0.1) is 11.3 Å². The molecule has 0 aliphatic heterocycles. The van der Waals surface area contributed by atoms with E-state index in [9.17, 15) is 4.79 Å². The molecule has 1 aromatic rings. The molecular formula is C5H3BrO2S. The van der Waals surface area contributed by atoms with Crippen molar-refractivity contribution in [3.05, 3.63) is 15.9 Å². The van der Waals surface area contributed by atoms with E-state index < -0.39 is 0 Å². The van der Waals surface area contributed by atoms with Gasteiger partial charge in [0, 0.05) is 0 Å². The van der Waals surface area contributed by atoms with Gasteiger partial charge in [-0.1, -0.05) is 0 Å². The number of carbonyl (C=O) groups excluding carboxylic acids is 1. The predicted octanol–water partition coefficient (Wildman–Crippen LogP) is 2.05. The van der Waals surface area contributed by atoms with Crippen LogP contribution < -0.4 is 4.74 Å². The number of rotatable bonds is 2. The molecule has 1 aromatic heterocycles. The normalized spacial score (nSPS) is 9.00. The van der Waals surface area contributed by atoms with E-state index in [0.717, 1.165) is 4.47 Å². The van der Waals surface area contributed by atoms with Crippen molar-refractivity contribution >= 4 is 33.7 Å². The molecule has 0 atom stereocenters. The van der Waals surface area contributed by atoms with Gasteiger partial charge in [0.2, 0.25) is 0 Å². The van der Waals surface area contributed by atoms with Crippen molar-refractivity contribution in [2.75, 3.05) is 0 Å². The number of thiophene rings is 1. The molecular weight excluding hydrogens is 204 g/mol. The van der Waals surface area contributed by atoms with Crippen LogP contribution in [0.5, 0.6) is 5.06 Å². The molecule has 0 spiro atoms. The fraction of sp³-hybridized carbons (Fsp3) is 0. The smallest absolute Gasteiger partial charge is 0.299 e. The van der Waals surface area contributed by atoms with Crippen LogP contribution in [-0.4, -0.2) is 6.47 Å². The van der Waals surface area contributed by atoms with Gasteiger partial charge in [-0.05, 0) is 27.4 Å². The third-order valence-electron chi connectivity index (χ3n) is 0.740. The van der Waals surface area contributed by atoms with Crippen molar-refractivity contribution in [3.8, 4) is 5.06 Å². The van der Waals surface area contributed by atoms with Crippen molar-refractivity contribution in [2.24, 2.45) is 0 Å². The summed E-state index contributed by atoms with van der Waals surface area (Å²) in [5.74, 6) is 0. The van der Waals surface area contributed by atoms with Crippen molar-refractivity contribution < 1.29 is 9.53 Å². The highest BCUT2D eigenvalue weighted by atomic mass is 79.9. The van der Waals surface area contributed by atoms with Crippen molar-refractivity contribution in [1.82, 2.24) is 0 Å². The molecule has 0 N–H and O–H groups in total. The molecule has 0 aliphatic carbocycles. The third-order valence-corrected chi connectivity index (χ3v) is 2.43. The summed E-state index contributed by atoms with van der Waals surface area (Å²) in [5, 5.41) is 2.44. The van der Waals surface area contributed by atoms with E-state index in [0.29, 0.717) is 11.5 Å². The van der Waals surface area contributed by atoms with Crippen molar-refractivity contribution in [2.45, 2.75) is 0 Å². The van der Waals surface area contributed by atoms with E-state index in [1.165, 1.54) is 11.3 Å². The zero-order valence-corrected chi connectivity index (χ0v) is 6.74. The van der Waals surface area contributed by atoms with Crippen molar-refractivity contribution in [1.29, 1.82) is 0 Å². The first-order valence-corrected chi connectivity index (χ1v) is 3.85. The standard InChI is InChI=1S/C5H3BrO2S/c6-4-1-2-9-5(4)8-3-7/h1-3H. The van der Waals surface area contributed by atoms with Crippen LogP contribution in [0.15, 0.2) is 15.9 Å². The quantitative estimate of drug-likeness (QED) is 0.693. The third kappa shape index (κ3) is 1.53. The Morgan fingerprint density at radius 3 is 3.00 bits per heavy atom. The molecule has 0 amide bonds. The van der Waals surface area contributed by atoms with Crippen LogP contribution in [0.3, 0.4) is 0 Å². The van der Waals surface area contributed by atoms with Crippen LogP contribution in [0.4, 0.5) is 0 Å². The van der Waals surface area contributed by atoms with Gasteiger partial charge in [0.05, 0.1) is 4.47 Å². The van der Waals surface area contributed by atoms with Gasteiger partial charge in [-0.3, -0.25) is 4.79 Å². The van der Waals surface area contributed by atoms with Crippen LogP contribution in [0.1, 0.15) is 0 Å². The fourth-order valence-corrected chi connectivity index (χ4v) is 1.69. The first-order chi connectivity index (χ1) is 4.34. The average molecular weight is 207 g/mol. The first kappa shape index (κ1) is 6.77. The predicted molar refractivity (Wildman–Crippen MR) is 38.7 cm³/mol. The Labute approximate surface area is 64.6 Å². The Bertz CT molecular complexity index is 208. The van der Waals surface area contributed by atoms with Gasteiger partial charge in [-0.2, -0.15) is 0 Å². The highest BCUT2D eigenvalue weighted by molar-refractivity contribution is 9.10. The van der Waals surface area contributed by atoms with Crippen LogP contribution in [0.2, 0.25) is 0 Å². The summed E-state index contributed by atoms with van der Waals surface area (Å²) in [6.07, 6.45) is 0. The maximum Gasteiger partial charge on any atom is 0.299 e. The maximum absolute atomic E-state index is 9.79. The fourth-order valence-electron chi connectivity index (χ4n) is 0.408. The summed E-state index contributed by atoms with van der Waals surface area (Å²) in [6, 6.07) is 1.82. The molecule has 48 valence electrons. The molecule has 1 heterocycles. The lowest BCUT2D eigenvalue weighted by molar-refractivity contribution is -0.120. The van der Waals surface area contributed by atoms with Crippen LogP contribution >= 0.6 is 27.3 Å². The molecule has 0 saturated carbocycles. The Hall–Kier alpha value is -0.350. The number of halogens is 1. The molecule has 0 unspecified atom stereocenters. The molecule has 0 aromatic carbocycles. The van der Waals surface area contributed by atoms with Gasteiger partial charge in [0.1, 0.15) is 0 Å². The SMILES string of the molecule is O=COc1sccc1Br. The second-order valence-electron chi connectivity index (χ2n) is 1.27. The molecule has 9 heavy (non-hydrogen) atoms. The summed E-state index contributed by atoms with van der Waals surface area (Å²) < 4.78 is 5.39. The lowest BCUT2D eigenvalue weighted by Gasteiger charge is -1.88. The first-order valence-electron chi connectivity index (χ1n) is 2.18. The van der Waals surface area contributed by atoms with Gasteiger partial charge >= 0.3 is 0 Å². The minimum atomic E-state index is 0.413. The van der Waals surface area contributed by atoms with Gasteiger partial charge in [0.15, 0.2) is 5.06 Å². The van der Waals surface area contributed by atoms with Crippen LogP contribution in [0.25, 0.3) is 0 Å².